The zero-order valence-corrected chi connectivity index (χ0v) is 22.0. The lowest BCUT2D eigenvalue weighted by Crippen LogP contribution is -2.53. The molecule has 4 heterocycles. The zero-order valence-electron chi connectivity index (χ0n) is 22.0. The Morgan fingerprint density at radius 3 is 2.79 bits per heavy atom. The lowest BCUT2D eigenvalue weighted by molar-refractivity contribution is -0.0317. The summed E-state index contributed by atoms with van der Waals surface area (Å²) >= 11 is 0. The molecule has 3 aliphatic rings. The second-order valence-electron chi connectivity index (χ2n) is 10.2. The molecule has 1 aromatic carbocycles. The van der Waals surface area contributed by atoms with Gasteiger partial charge in [-0.1, -0.05) is 30.6 Å². The van der Waals surface area contributed by atoms with Crippen LogP contribution in [0.3, 0.4) is 0 Å². The van der Waals surface area contributed by atoms with Gasteiger partial charge >= 0.3 is 0 Å². The highest BCUT2D eigenvalue weighted by Crippen LogP contribution is 2.43. The number of fused-ring (bicyclic) bond motifs is 5. The topological polar surface area (TPSA) is 102 Å². The smallest absolute Gasteiger partial charge is 0.275 e. The van der Waals surface area contributed by atoms with E-state index < -0.39 is 34.6 Å². The largest absolute Gasteiger partial charge is 0.487 e. The molecular weight excluding hydrogens is 510 g/mol. The summed E-state index contributed by atoms with van der Waals surface area (Å²) in [5.74, 6) is -2.93. The molecule has 0 saturated heterocycles. The number of hydrogen-bond acceptors (Lipinski definition) is 6. The van der Waals surface area contributed by atoms with Crippen molar-refractivity contribution in [3.63, 3.8) is 0 Å². The Balaban J connectivity index is 1.60. The Kier molecular flexibility index (Phi) is 7.00. The second-order valence-corrected chi connectivity index (χ2v) is 10.2. The van der Waals surface area contributed by atoms with Crippen LogP contribution in [0.2, 0.25) is 0 Å². The molecule has 1 N–H and O–H groups in total. The minimum absolute atomic E-state index is 0.0524. The Bertz CT molecular complexity index is 1450. The maximum absolute atomic E-state index is 14.1. The van der Waals surface area contributed by atoms with E-state index in [0.717, 1.165) is 24.3 Å². The van der Waals surface area contributed by atoms with Crippen LogP contribution in [0.5, 0.6) is 5.75 Å². The number of halogens is 2. The standard InChI is InChI=1S/C28H30F2N4O5/c1-4-5-10-38-25-23-27(37)33-15-22(28(9-8-17(33)3)12-16(2)32-39-28)34(23)14-20(24(25)35)26(36)31-13-18-6-7-19(29)11-21(18)30/h6-9,11,14,17,22H,4-5,10,12-13,15H2,1-3H3,(H,31,36)/t17-,22+,28-/m0/s1. The van der Waals surface area contributed by atoms with Crippen molar-refractivity contribution >= 4 is 17.5 Å². The van der Waals surface area contributed by atoms with Gasteiger partial charge in [-0.2, -0.15) is 0 Å². The predicted molar refractivity (Wildman–Crippen MR) is 139 cm³/mol. The minimum atomic E-state index is -0.927. The van der Waals surface area contributed by atoms with Gasteiger partial charge in [0.15, 0.2) is 17.0 Å². The highest BCUT2D eigenvalue weighted by Gasteiger charge is 2.52. The van der Waals surface area contributed by atoms with Crippen molar-refractivity contribution < 1.29 is 27.9 Å². The van der Waals surface area contributed by atoms with E-state index in [1.54, 1.807) is 9.47 Å². The number of unbranched alkanes of at least 4 members (excludes halogenated alkanes) is 1. The summed E-state index contributed by atoms with van der Waals surface area (Å²) in [6, 6.07) is 2.24. The fourth-order valence-corrected chi connectivity index (χ4v) is 5.26. The van der Waals surface area contributed by atoms with Gasteiger partial charge in [0.2, 0.25) is 5.43 Å². The van der Waals surface area contributed by atoms with Gasteiger partial charge < -0.3 is 24.4 Å². The quantitative estimate of drug-likeness (QED) is 0.426. The van der Waals surface area contributed by atoms with Crippen molar-refractivity contribution in [1.82, 2.24) is 14.8 Å². The number of nitrogens with one attached hydrogen (secondary N) is 1. The number of carbonyl (C=O) groups is 2. The van der Waals surface area contributed by atoms with Gasteiger partial charge in [0, 0.05) is 43.4 Å². The third-order valence-electron chi connectivity index (χ3n) is 7.42. The van der Waals surface area contributed by atoms with Gasteiger partial charge in [-0.05, 0) is 32.4 Å². The highest BCUT2D eigenvalue weighted by molar-refractivity contribution is 5.99. The molecule has 9 nitrogen and oxygen atoms in total. The first-order chi connectivity index (χ1) is 18.6. The molecule has 1 spiro atoms. The number of amides is 2. The van der Waals surface area contributed by atoms with Gasteiger partial charge in [0.05, 0.1) is 18.4 Å². The van der Waals surface area contributed by atoms with Crippen LogP contribution in [0, 0.1) is 11.6 Å². The molecular formula is C28H30F2N4O5. The number of benzene rings is 1. The summed E-state index contributed by atoms with van der Waals surface area (Å²) in [6.07, 6.45) is 7.04. The average molecular weight is 541 g/mol. The molecule has 0 radical (unpaired) electrons. The fraction of sp³-hybridized carbons (Fsp3) is 0.429. The first-order valence-corrected chi connectivity index (χ1v) is 13.0. The Labute approximate surface area is 224 Å². The van der Waals surface area contributed by atoms with Crippen molar-refractivity contribution in [2.45, 2.75) is 64.3 Å². The van der Waals surface area contributed by atoms with E-state index in [1.165, 1.54) is 12.3 Å². The monoisotopic (exact) mass is 540 g/mol. The summed E-state index contributed by atoms with van der Waals surface area (Å²) in [5, 5.41) is 6.71. The van der Waals surface area contributed by atoms with Crippen molar-refractivity contribution in [1.29, 1.82) is 0 Å². The second kappa shape index (κ2) is 10.3. The van der Waals surface area contributed by atoms with Crippen molar-refractivity contribution in [3.05, 3.63) is 75.2 Å². The molecule has 1 aromatic heterocycles. The highest BCUT2D eigenvalue weighted by atomic mass is 19.1. The molecule has 206 valence electrons. The van der Waals surface area contributed by atoms with Crippen LogP contribution in [0.1, 0.15) is 72.5 Å². The summed E-state index contributed by atoms with van der Waals surface area (Å²) in [5.41, 5.74) is -1.04. The summed E-state index contributed by atoms with van der Waals surface area (Å²) in [4.78, 5) is 48.3. The van der Waals surface area contributed by atoms with E-state index in [1.807, 2.05) is 32.9 Å². The van der Waals surface area contributed by atoms with Gasteiger partial charge in [-0.15, -0.1) is 0 Å². The van der Waals surface area contributed by atoms with E-state index in [9.17, 15) is 23.2 Å². The van der Waals surface area contributed by atoms with Gasteiger partial charge in [0.25, 0.3) is 11.8 Å². The van der Waals surface area contributed by atoms with E-state index in [2.05, 4.69) is 10.5 Å². The molecule has 3 aliphatic heterocycles. The number of pyridine rings is 1. The first kappa shape index (κ1) is 26.6. The van der Waals surface area contributed by atoms with Crippen LogP contribution in [-0.4, -0.2) is 51.8 Å². The van der Waals surface area contributed by atoms with E-state index in [-0.39, 0.29) is 54.2 Å². The number of nitrogens with zero attached hydrogens (tertiary/aromatic N) is 3. The van der Waals surface area contributed by atoms with Crippen LogP contribution in [0.15, 0.2) is 46.5 Å². The molecule has 2 aromatic rings. The maximum atomic E-state index is 14.1. The summed E-state index contributed by atoms with van der Waals surface area (Å²) < 4.78 is 34.9. The van der Waals surface area contributed by atoms with Crippen molar-refractivity contribution in [2.75, 3.05) is 13.2 Å². The first-order valence-electron chi connectivity index (χ1n) is 13.0. The fourth-order valence-electron chi connectivity index (χ4n) is 5.26. The van der Waals surface area contributed by atoms with Gasteiger partial charge in [-0.25, -0.2) is 8.78 Å². The van der Waals surface area contributed by atoms with Crippen LogP contribution in [-0.2, 0) is 11.4 Å². The number of ether oxygens (including phenoxy) is 1. The average Bonchev–Trinajstić information content (AvgIpc) is 3.23. The summed E-state index contributed by atoms with van der Waals surface area (Å²) in [6.45, 7) is 5.87. The third-order valence-corrected chi connectivity index (χ3v) is 7.42. The van der Waals surface area contributed by atoms with Gasteiger partial charge in [0.1, 0.15) is 17.2 Å². The van der Waals surface area contributed by atoms with E-state index >= 15 is 0 Å². The molecule has 0 saturated carbocycles. The number of carbonyl (C=O) groups excluding carboxylic acids is 2. The third kappa shape index (κ3) is 4.70. The number of aromatic nitrogens is 1. The van der Waals surface area contributed by atoms with E-state index in [0.29, 0.717) is 12.8 Å². The van der Waals surface area contributed by atoms with Crippen LogP contribution in [0.4, 0.5) is 8.78 Å². The van der Waals surface area contributed by atoms with Crippen molar-refractivity contribution in [2.24, 2.45) is 5.16 Å². The zero-order chi connectivity index (χ0) is 27.9. The molecule has 11 heteroatoms. The lowest BCUT2D eigenvalue weighted by Gasteiger charge is -2.42. The number of hydrogen-bond donors (Lipinski definition) is 1. The molecule has 0 fully saturated rings. The van der Waals surface area contributed by atoms with Crippen molar-refractivity contribution in [3.8, 4) is 5.75 Å². The lowest BCUT2D eigenvalue weighted by atomic mass is 9.87. The summed E-state index contributed by atoms with van der Waals surface area (Å²) in [7, 11) is 0. The maximum Gasteiger partial charge on any atom is 0.275 e. The molecule has 3 atom stereocenters. The van der Waals surface area contributed by atoms with Crippen LogP contribution < -0.4 is 15.5 Å². The van der Waals surface area contributed by atoms with Crippen LogP contribution >= 0.6 is 0 Å². The molecule has 0 unspecified atom stereocenters. The number of rotatable bonds is 7. The minimum Gasteiger partial charge on any atom is -0.487 e. The molecule has 2 amide bonds. The Morgan fingerprint density at radius 2 is 2.10 bits per heavy atom. The molecule has 0 aliphatic carbocycles. The Morgan fingerprint density at radius 1 is 1.31 bits per heavy atom. The van der Waals surface area contributed by atoms with E-state index in [4.69, 9.17) is 9.57 Å². The SMILES string of the molecule is CCCCOc1c2n(cc(C(=O)NCc3ccc(F)cc3F)c1=O)[C@@H]1CN(C2=O)[C@@H](C)C=C[C@]12CC(C)=NO2. The van der Waals surface area contributed by atoms with Crippen LogP contribution in [0.25, 0.3) is 0 Å². The molecule has 39 heavy (non-hydrogen) atoms. The normalized spacial score (nSPS) is 23.3. The van der Waals surface area contributed by atoms with Gasteiger partial charge in [-0.3, -0.25) is 14.4 Å². The number of oxime groups is 1. The Hall–Kier alpha value is -4.02. The predicted octanol–water partition coefficient (Wildman–Crippen LogP) is 3.73. The molecule has 2 bridgehead atoms. The molecule has 5 rings (SSSR count).